The highest BCUT2D eigenvalue weighted by Gasteiger charge is 2.59. The van der Waals surface area contributed by atoms with Crippen molar-refractivity contribution in [3.63, 3.8) is 0 Å². The van der Waals surface area contributed by atoms with Crippen LogP contribution >= 0.6 is 0 Å². The molecule has 4 heteroatoms. The molecule has 1 heterocycles. The third-order valence-corrected chi connectivity index (χ3v) is 3.70. The van der Waals surface area contributed by atoms with Crippen LogP contribution in [-0.4, -0.2) is 11.8 Å². The highest BCUT2D eigenvalue weighted by atomic mass is 16.2. The molecular weight excluding hydrogens is 216 g/mol. The van der Waals surface area contributed by atoms with Crippen LogP contribution in [0.3, 0.4) is 0 Å². The maximum absolute atomic E-state index is 12.0. The molecule has 1 saturated heterocycles. The standard InChI is InChI=1S/C13H14N2O2/c1-7-3-2-4-11(10(7)6-14)15-12(16)8-5-9(8)13(15)17/h2-4,8-9H,5-6,14H2,1H3. The number of carbonyl (C=O) groups excluding carboxylic acids is 2. The number of rotatable bonds is 2. The highest BCUT2D eigenvalue weighted by molar-refractivity contribution is 6.25. The third-order valence-electron chi connectivity index (χ3n) is 3.70. The van der Waals surface area contributed by atoms with Gasteiger partial charge in [0, 0.05) is 6.54 Å². The van der Waals surface area contributed by atoms with Crippen molar-refractivity contribution >= 4 is 17.5 Å². The molecule has 3 rings (SSSR count). The SMILES string of the molecule is Cc1cccc(N2C(=O)C3CC3C2=O)c1CN. The third kappa shape index (κ3) is 1.34. The number of fused-ring (bicyclic) bond motifs is 1. The zero-order valence-corrected chi connectivity index (χ0v) is 9.64. The number of aryl methyl sites for hydroxylation is 1. The summed E-state index contributed by atoms with van der Waals surface area (Å²) < 4.78 is 0. The molecule has 88 valence electrons. The van der Waals surface area contributed by atoms with E-state index in [1.165, 1.54) is 4.90 Å². The number of hydrogen-bond acceptors (Lipinski definition) is 3. The normalized spacial score (nSPS) is 26.4. The Kier molecular flexibility index (Phi) is 2.10. The van der Waals surface area contributed by atoms with E-state index in [0.717, 1.165) is 17.5 Å². The summed E-state index contributed by atoms with van der Waals surface area (Å²) in [4.78, 5) is 25.3. The molecule has 0 aromatic heterocycles. The molecule has 2 unspecified atom stereocenters. The fraction of sp³-hybridized carbons (Fsp3) is 0.385. The van der Waals surface area contributed by atoms with Crippen LogP contribution in [0.25, 0.3) is 0 Å². The van der Waals surface area contributed by atoms with E-state index in [0.29, 0.717) is 12.2 Å². The Balaban J connectivity index is 2.08. The molecule has 2 atom stereocenters. The molecule has 1 aromatic carbocycles. The fourth-order valence-corrected chi connectivity index (χ4v) is 2.58. The van der Waals surface area contributed by atoms with E-state index >= 15 is 0 Å². The summed E-state index contributed by atoms with van der Waals surface area (Å²) in [6.07, 6.45) is 0.734. The summed E-state index contributed by atoms with van der Waals surface area (Å²) in [6.45, 7) is 2.28. The zero-order valence-electron chi connectivity index (χ0n) is 9.64. The average molecular weight is 230 g/mol. The lowest BCUT2D eigenvalue weighted by Crippen LogP contribution is -2.34. The second-order valence-corrected chi connectivity index (χ2v) is 4.74. The number of carbonyl (C=O) groups is 2. The maximum atomic E-state index is 12.0. The van der Waals surface area contributed by atoms with E-state index in [9.17, 15) is 9.59 Å². The van der Waals surface area contributed by atoms with Crippen molar-refractivity contribution in [2.24, 2.45) is 17.6 Å². The molecule has 0 radical (unpaired) electrons. The van der Waals surface area contributed by atoms with Gasteiger partial charge in [0.05, 0.1) is 17.5 Å². The first-order valence-electron chi connectivity index (χ1n) is 5.81. The molecule has 1 aliphatic carbocycles. The van der Waals surface area contributed by atoms with Crippen LogP contribution < -0.4 is 10.6 Å². The van der Waals surface area contributed by atoms with Crippen molar-refractivity contribution in [2.45, 2.75) is 19.9 Å². The Morgan fingerprint density at radius 2 is 1.94 bits per heavy atom. The predicted octanol–water partition coefficient (Wildman–Crippen LogP) is 0.963. The van der Waals surface area contributed by atoms with Gasteiger partial charge in [0.15, 0.2) is 0 Å². The summed E-state index contributed by atoms with van der Waals surface area (Å²) in [6, 6.07) is 5.60. The molecule has 0 bridgehead atoms. The van der Waals surface area contributed by atoms with Crippen LogP contribution in [0.2, 0.25) is 0 Å². The van der Waals surface area contributed by atoms with E-state index in [4.69, 9.17) is 5.73 Å². The van der Waals surface area contributed by atoms with Crippen molar-refractivity contribution in [2.75, 3.05) is 4.90 Å². The molecule has 0 spiro atoms. The minimum atomic E-state index is -0.0614. The van der Waals surface area contributed by atoms with Crippen LogP contribution in [0, 0.1) is 18.8 Å². The van der Waals surface area contributed by atoms with Crippen molar-refractivity contribution in [1.82, 2.24) is 0 Å². The zero-order chi connectivity index (χ0) is 12.2. The van der Waals surface area contributed by atoms with Gasteiger partial charge in [-0.05, 0) is 30.5 Å². The quantitative estimate of drug-likeness (QED) is 0.770. The largest absolute Gasteiger partial charge is 0.326 e. The van der Waals surface area contributed by atoms with E-state index < -0.39 is 0 Å². The van der Waals surface area contributed by atoms with E-state index in [-0.39, 0.29) is 23.7 Å². The molecule has 2 amide bonds. The van der Waals surface area contributed by atoms with Gasteiger partial charge in [0.1, 0.15) is 0 Å². The van der Waals surface area contributed by atoms with Crippen LogP contribution in [0.1, 0.15) is 17.5 Å². The van der Waals surface area contributed by atoms with E-state index in [1.54, 1.807) is 6.07 Å². The van der Waals surface area contributed by atoms with Crippen molar-refractivity contribution in [3.05, 3.63) is 29.3 Å². The number of anilines is 1. The number of imide groups is 1. The number of amides is 2. The number of nitrogens with zero attached hydrogens (tertiary/aromatic N) is 1. The molecule has 1 aromatic rings. The first kappa shape index (κ1) is 10.5. The predicted molar refractivity (Wildman–Crippen MR) is 63.2 cm³/mol. The molecule has 2 fully saturated rings. The number of benzene rings is 1. The van der Waals surface area contributed by atoms with Gasteiger partial charge < -0.3 is 5.73 Å². The first-order chi connectivity index (χ1) is 8.15. The molecule has 2 N–H and O–H groups in total. The van der Waals surface area contributed by atoms with Crippen LogP contribution in [0.15, 0.2) is 18.2 Å². The van der Waals surface area contributed by atoms with Gasteiger partial charge in [-0.25, -0.2) is 4.90 Å². The average Bonchev–Trinajstić information content (AvgIpc) is 3.04. The van der Waals surface area contributed by atoms with Crippen LogP contribution in [-0.2, 0) is 16.1 Å². The van der Waals surface area contributed by atoms with Gasteiger partial charge in [0.2, 0.25) is 11.8 Å². The Bertz CT molecular complexity index is 504. The van der Waals surface area contributed by atoms with E-state index in [2.05, 4.69) is 0 Å². The lowest BCUT2D eigenvalue weighted by atomic mass is 10.1. The fourth-order valence-electron chi connectivity index (χ4n) is 2.58. The van der Waals surface area contributed by atoms with Crippen LogP contribution in [0.5, 0.6) is 0 Å². The Morgan fingerprint density at radius 3 is 2.53 bits per heavy atom. The van der Waals surface area contributed by atoms with Gasteiger partial charge in [-0.15, -0.1) is 0 Å². The summed E-state index contributed by atoms with van der Waals surface area (Å²) in [5, 5.41) is 0. The minimum Gasteiger partial charge on any atom is -0.326 e. The lowest BCUT2D eigenvalue weighted by molar-refractivity contribution is -0.123. The van der Waals surface area contributed by atoms with E-state index in [1.807, 2.05) is 19.1 Å². The van der Waals surface area contributed by atoms with Gasteiger partial charge in [-0.1, -0.05) is 12.1 Å². The molecule has 2 aliphatic rings. The molecule has 1 aliphatic heterocycles. The molecule has 1 saturated carbocycles. The van der Waals surface area contributed by atoms with Gasteiger partial charge in [0.25, 0.3) is 0 Å². The Hall–Kier alpha value is -1.68. The molecular formula is C13H14N2O2. The Labute approximate surface area is 99.4 Å². The first-order valence-corrected chi connectivity index (χ1v) is 5.81. The second kappa shape index (κ2) is 3.40. The number of nitrogens with two attached hydrogens (primary N) is 1. The van der Waals surface area contributed by atoms with Gasteiger partial charge in [-0.2, -0.15) is 0 Å². The number of hydrogen-bond donors (Lipinski definition) is 1. The monoisotopic (exact) mass is 230 g/mol. The summed E-state index contributed by atoms with van der Waals surface area (Å²) in [7, 11) is 0. The summed E-state index contributed by atoms with van der Waals surface area (Å²) in [5.41, 5.74) is 8.29. The summed E-state index contributed by atoms with van der Waals surface area (Å²) >= 11 is 0. The van der Waals surface area contributed by atoms with Gasteiger partial charge in [-0.3, -0.25) is 9.59 Å². The molecule has 4 nitrogen and oxygen atoms in total. The summed E-state index contributed by atoms with van der Waals surface area (Å²) in [5.74, 6) is -0.233. The van der Waals surface area contributed by atoms with Crippen molar-refractivity contribution in [1.29, 1.82) is 0 Å². The second-order valence-electron chi connectivity index (χ2n) is 4.74. The number of piperidine rings is 1. The Morgan fingerprint density at radius 1 is 1.29 bits per heavy atom. The lowest BCUT2D eigenvalue weighted by Gasteiger charge is -2.20. The van der Waals surface area contributed by atoms with Crippen molar-refractivity contribution in [3.8, 4) is 0 Å². The van der Waals surface area contributed by atoms with Crippen molar-refractivity contribution < 1.29 is 9.59 Å². The van der Waals surface area contributed by atoms with Crippen LogP contribution in [0.4, 0.5) is 5.69 Å². The topological polar surface area (TPSA) is 63.4 Å². The highest BCUT2D eigenvalue weighted by Crippen LogP contribution is 2.48. The minimum absolute atomic E-state index is 0.0553. The molecule has 17 heavy (non-hydrogen) atoms. The maximum Gasteiger partial charge on any atom is 0.237 e. The van der Waals surface area contributed by atoms with Gasteiger partial charge >= 0.3 is 0 Å². The smallest absolute Gasteiger partial charge is 0.237 e.